The summed E-state index contributed by atoms with van der Waals surface area (Å²) < 4.78 is 4.80. The summed E-state index contributed by atoms with van der Waals surface area (Å²) >= 11 is 6.89. The van der Waals surface area contributed by atoms with Gasteiger partial charge in [0, 0.05) is 8.95 Å². The first-order valence-electron chi connectivity index (χ1n) is 6.89. The Morgan fingerprint density at radius 3 is 2.57 bits per heavy atom. The van der Waals surface area contributed by atoms with Gasteiger partial charge in [0.15, 0.2) is 0 Å². The van der Waals surface area contributed by atoms with Crippen LogP contribution in [0.5, 0.6) is 0 Å². The number of aryl methyl sites for hydroxylation is 1. The molecule has 0 atom stereocenters. The summed E-state index contributed by atoms with van der Waals surface area (Å²) in [7, 11) is 0. The number of nitrogens with zero attached hydrogens (tertiary/aromatic N) is 4. The summed E-state index contributed by atoms with van der Waals surface area (Å²) in [6.07, 6.45) is 0. The Kier molecular flexibility index (Phi) is 3.35. The molecule has 0 fully saturated rings. The van der Waals surface area contributed by atoms with E-state index < -0.39 is 0 Å². The average molecular weight is 434 g/mol. The van der Waals surface area contributed by atoms with Gasteiger partial charge in [0.05, 0.1) is 16.6 Å². The first-order chi connectivity index (χ1) is 11.1. The molecule has 0 bridgehead atoms. The highest BCUT2D eigenvalue weighted by atomic mass is 79.9. The molecule has 7 heteroatoms. The third-order valence-electron chi connectivity index (χ3n) is 3.63. The van der Waals surface area contributed by atoms with E-state index in [0.717, 1.165) is 14.6 Å². The van der Waals surface area contributed by atoms with Crippen LogP contribution in [0, 0.1) is 6.92 Å². The minimum Gasteiger partial charge on any atom is -0.267 e. The van der Waals surface area contributed by atoms with E-state index in [1.54, 1.807) is 6.07 Å². The normalized spacial score (nSPS) is 11.4. The maximum atomic E-state index is 12.8. The Balaban J connectivity index is 2.20. The molecule has 114 valence electrons. The van der Waals surface area contributed by atoms with Crippen molar-refractivity contribution in [3.63, 3.8) is 0 Å². The Morgan fingerprint density at radius 2 is 1.83 bits per heavy atom. The van der Waals surface area contributed by atoms with Gasteiger partial charge in [-0.15, -0.1) is 5.10 Å². The van der Waals surface area contributed by atoms with Gasteiger partial charge in [0.1, 0.15) is 5.82 Å². The fourth-order valence-corrected chi connectivity index (χ4v) is 3.96. The number of fused-ring (bicyclic) bond motifs is 2. The first-order valence-corrected chi connectivity index (χ1v) is 8.47. The molecule has 2 aromatic carbocycles. The Bertz CT molecular complexity index is 1120. The zero-order valence-electron chi connectivity index (χ0n) is 12.0. The smallest absolute Gasteiger partial charge is 0.267 e. The van der Waals surface area contributed by atoms with Gasteiger partial charge in [0.2, 0.25) is 5.78 Å². The highest BCUT2D eigenvalue weighted by molar-refractivity contribution is 9.11. The lowest BCUT2D eigenvalue weighted by Gasteiger charge is -2.06. The number of halogens is 2. The molecule has 0 saturated heterocycles. The lowest BCUT2D eigenvalue weighted by atomic mass is 10.2. The molecule has 0 amide bonds. The summed E-state index contributed by atoms with van der Waals surface area (Å²) in [4.78, 5) is 17.5. The number of para-hydroxylation sites is 1. The van der Waals surface area contributed by atoms with Crippen molar-refractivity contribution < 1.29 is 0 Å². The van der Waals surface area contributed by atoms with Crippen molar-refractivity contribution >= 4 is 48.5 Å². The number of benzene rings is 2. The standard InChI is InChI=1S/C16H10Br2N4O/c1-9-20-22-15(23)12-7-10(17)8-13(18)14(12)19-16(22)21(9)11-5-3-2-4-6-11/h2-8H,1H3. The molecule has 0 aliphatic rings. The van der Waals surface area contributed by atoms with Gasteiger partial charge < -0.3 is 0 Å². The fourth-order valence-electron chi connectivity index (χ4n) is 2.64. The van der Waals surface area contributed by atoms with E-state index in [-0.39, 0.29) is 5.56 Å². The maximum absolute atomic E-state index is 12.8. The molecule has 0 saturated carbocycles. The highest BCUT2D eigenvalue weighted by Gasteiger charge is 2.16. The van der Waals surface area contributed by atoms with E-state index >= 15 is 0 Å². The largest absolute Gasteiger partial charge is 0.283 e. The Labute approximate surface area is 147 Å². The first kappa shape index (κ1) is 14.6. The molecule has 0 N–H and O–H groups in total. The number of rotatable bonds is 1. The quantitative estimate of drug-likeness (QED) is 0.458. The van der Waals surface area contributed by atoms with E-state index in [9.17, 15) is 4.79 Å². The van der Waals surface area contributed by atoms with Gasteiger partial charge in [-0.2, -0.15) is 4.52 Å². The van der Waals surface area contributed by atoms with Gasteiger partial charge in [-0.05, 0) is 47.1 Å². The van der Waals surface area contributed by atoms with Crippen molar-refractivity contribution in [3.8, 4) is 5.69 Å². The molecule has 2 aromatic heterocycles. The minimum atomic E-state index is -0.190. The van der Waals surface area contributed by atoms with Crippen molar-refractivity contribution in [2.24, 2.45) is 0 Å². The summed E-state index contributed by atoms with van der Waals surface area (Å²) in [5.41, 5.74) is 1.35. The predicted octanol–water partition coefficient (Wildman–Crippen LogP) is 3.87. The molecule has 0 aliphatic carbocycles. The van der Waals surface area contributed by atoms with Crippen molar-refractivity contribution in [2.45, 2.75) is 6.92 Å². The van der Waals surface area contributed by atoms with E-state index in [0.29, 0.717) is 22.5 Å². The highest BCUT2D eigenvalue weighted by Crippen LogP contribution is 2.26. The van der Waals surface area contributed by atoms with Crippen LogP contribution >= 0.6 is 31.9 Å². The van der Waals surface area contributed by atoms with Crippen LogP contribution in [-0.2, 0) is 0 Å². The van der Waals surface area contributed by atoms with E-state index in [1.807, 2.05) is 47.9 Å². The molecule has 5 nitrogen and oxygen atoms in total. The van der Waals surface area contributed by atoms with E-state index in [1.165, 1.54) is 4.52 Å². The second-order valence-electron chi connectivity index (χ2n) is 5.13. The fraction of sp³-hybridized carbons (Fsp3) is 0.0625. The molecule has 0 spiro atoms. The van der Waals surface area contributed by atoms with Crippen LogP contribution in [-0.4, -0.2) is 19.2 Å². The number of hydrogen-bond acceptors (Lipinski definition) is 3. The lowest BCUT2D eigenvalue weighted by Crippen LogP contribution is -2.16. The Hall–Kier alpha value is -1.99. The van der Waals surface area contributed by atoms with Crippen LogP contribution in [0.2, 0.25) is 0 Å². The van der Waals surface area contributed by atoms with Gasteiger partial charge >= 0.3 is 0 Å². The van der Waals surface area contributed by atoms with Crippen LogP contribution in [0.1, 0.15) is 5.82 Å². The van der Waals surface area contributed by atoms with Crippen LogP contribution in [0.25, 0.3) is 22.4 Å². The third-order valence-corrected chi connectivity index (χ3v) is 4.70. The zero-order valence-corrected chi connectivity index (χ0v) is 15.2. The van der Waals surface area contributed by atoms with Crippen molar-refractivity contribution in [1.29, 1.82) is 0 Å². The van der Waals surface area contributed by atoms with E-state index in [4.69, 9.17) is 0 Å². The maximum Gasteiger partial charge on any atom is 0.283 e. The van der Waals surface area contributed by atoms with Gasteiger partial charge in [-0.1, -0.05) is 34.1 Å². The summed E-state index contributed by atoms with van der Waals surface area (Å²) in [5.74, 6) is 1.19. The van der Waals surface area contributed by atoms with Gasteiger partial charge in [-0.3, -0.25) is 9.36 Å². The molecule has 23 heavy (non-hydrogen) atoms. The SMILES string of the molecule is Cc1nn2c(=O)c3cc(Br)cc(Br)c3nc2n1-c1ccccc1. The molecular formula is C16H10Br2N4O. The van der Waals surface area contributed by atoms with Crippen molar-refractivity contribution in [2.75, 3.05) is 0 Å². The second-order valence-corrected chi connectivity index (χ2v) is 6.90. The molecule has 0 aliphatic heterocycles. The number of aromatic nitrogens is 4. The van der Waals surface area contributed by atoms with Gasteiger partial charge in [-0.25, -0.2) is 4.98 Å². The van der Waals surface area contributed by atoms with Crippen LogP contribution in [0.3, 0.4) is 0 Å². The molecule has 2 heterocycles. The van der Waals surface area contributed by atoms with E-state index in [2.05, 4.69) is 41.9 Å². The van der Waals surface area contributed by atoms with Crippen LogP contribution in [0.4, 0.5) is 0 Å². The summed E-state index contributed by atoms with van der Waals surface area (Å²) in [5, 5.41) is 4.89. The van der Waals surface area contributed by atoms with Crippen LogP contribution in [0.15, 0.2) is 56.2 Å². The molecule has 4 rings (SSSR count). The molecule has 4 aromatic rings. The predicted molar refractivity (Wildman–Crippen MR) is 96.2 cm³/mol. The van der Waals surface area contributed by atoms with Crippen molar-refractivity contribution in [3.05, 3.63) is 67.6 Å². The topological polar surface area (TPSA) is 52.2 Å². The molecule has 0 radical (unpaired) electrons. The average Bonchev–Trinajstić information content (AvgIpc) is 2.86. The van der Waals surface area contributed by atoms with Gasteiger partial charge in [0.25, 0.3) is 5.56 Å². The molecule has 0 unspecified atom stereocenters. The lowest BCUT2D eigenvalue weighted by molar-refractivity contribution is 0.891. The van der Waals surface area contributed by atoms with Crippen molar-refractivity contribution in [1.82, 2.24) is 19.2 Å². The summed E-state index contributed by atoms with van der Waals surface area (Å²) in [6, 6.07) is 13.4. The zero-order chi connectivity index (χ0) is 16.1. The number of hydrogen-bond donors (Lipinski definition) is 0. The Morgan fingerprint density at radius 1 is 1.09 bits per heavy atom. The van der Waals surface area contributed by atoms with Crippen LogP contribution < -0.4 is 5.56 Å². The second kappa shape index (κ2) is 5.28. The monoisotopic (exact) mass is 432 g/mol. The molecular weight excluding hydrogens is 424 g/mol. The minimum absolute atomic E-state index is 0.190. The summed E-state index contributed by atoms with van der Waals surface area (Å²) in [6.45, 7) is 1.86. The third kappa shape index (κ3) is 2.22.